The lowest BCUT2D eigenvalue weighted by Gasteiger charge is -2.10. The van der Waals surface area contributed by atoms with Crippen LogP contribution in [0.4, 0.5) is 18.9 Å². The van der Waals surface area contributed by atoms with Crippen LogP contribution in [0, 0.1) is 0 Å². The Kier molecular flexibility index (Phi) is 3.63. The number of benzene rings is 1. The van der Waals surface area contributed by atoms with Crippen molar-refractivity contribution in [3.63, 3.8) is 0 Å². The molecule has 0 aliphatic carbocycles. The fraction of sp³-hybridized carbons (Fsp3) is 0.200. The molecule has 0 bridgehead atoms. The van der Waals surface area contributed by atoms with Crippen molar-refractivity contribution in [1.82, 2.24) is 0 Å². The average molecular weight is 236 g/mol. The van der Waals surface area contributed by atoms with Crippen LogP contribution in [0.1, 0.15) is 5.56 Å². The van der Waals surface area contributed by atoms with E-state index in [1.54, 1.807) is 6.08 Å². The minimum atomic E-state index is -4.36. The van der Waals surface area contributed by atoms with Gasteiger partial charge in [-0.2, -0.15) is 13.2 Å². The summed E-state index contributed by atoms with van der Waals surface area (Å²) in [5.41, 5.74) is -0.291. The molecule has 1 nitrogen and oxygen atoms in total. The molecule has 1 N–H and O–H groups in total. The van der Waals surface area contributed by atoms with Gasteiger partial charge in [0.25, 0.3) is 0 Å². The van der Waals surface area contributed by atoms with Crippen LogP contribution in [0.3, 0.4) is 0 Å². The molecule has 0 amide bonds. The second-order valence-electron chi connectivity index (χ2n) is 2.86. The first-order valence-electron chi connectivity index (χ1n) is 4.16. The second kappa shape index (κ2) is 4.57. The molecule has 0 spiro atoms. The number of nitrogens with one attached hydrogen (secondary N) is 1. The molecule has 1 aromatic carbocycles. The number of halogens is 4. The van der Waals surface area contributed by atoms with E-state index in [9.17, 15) is 13.2 Å². The summed E-state index contributed by atoms with van der Waals surface area (Å²) in [4.78, 5) is 0. The Morgan fingerprint density at radius 1 is 1.40 bits per heavy atom. The van der Waals surface area contributed by atoms with Gasteiger partial charge in [-0.15, -0.1) is 6.58 Å². The third-order valence-electron chi connectivity index (χ3n) is 1.73. The molecule has 82 valence electrons. The fourth-order valence-electron chi connectivity index (χ4n) is 1.02. The molecule has 0 aliphatic rings. The maximum absolute atomic E-state index is 12.3. The molecule has 0 unspecified atom stereocenters. The van der Waals surface area contributed by atoms with Crippen molar-refractivity contribution >= 4 is 17.3 Å². The predicted molar refractivity (Wildman–Crippen MR) is 55.1 cm³/mol. The van der Waals surface area contributed by atoms with E-state index in [1.807, 2.05) is 0 Å². The van der Waals surface area contributed by atoms with Crippen molar-refractivity contribution in [1.29, 1.82) is 0 Å². The molecule has 0 saturated heterocycles. The van der Waals surface area contributed by atoms with E-state index >= 15 is 0 Å². The predicted octanol–water partition coefficient (Wildman–Crippen LogP) is 3.96. The van der Waals surface area contributed by atoms with Crippen LogP contribution in [0.25, 0.3) is 0 Å². The quantitative estimate of drug-likeness (QED) is 0.782. The van der Waals surface area contributed by atoms with Crippen LogP contribution >= 0.6 is 11.6 Å². The van der Waals surface area contributed by atoms with Gasteiger partial charge in [-0.1, -0.05) is 17.7 Å². The lowest BCUT2D eigenvalue weighted by Crippen LogP contribution is -2.06. The third kappa shape index (κ3) is 3.16. The normalized spacial score (nSPS) is 11.2. The van der Waals surface area contributed by atoms with Crippen LogP contribution < -0.4 is 5.32 Å². The lowest BCUT2D eigenvalue weighted by molar-refractivity contribution is -0.137. The zero-order chi connectivity index (χ0) is 11.5. The van der Waals surface area contributed by atoms with Gasteiger partial charge in [0, 0.05) is 6.54 Å². The van der Waals surface area contributed by atoms with E-state index in [0.29, 0.717) is 12.2 Å². The zero-order valence-corrected chi connectivity index (χ0v) is 8.49. The maximum atomic E-state index is 12.3. The molecule has 0 aromatic heterocycles. The summed E-state index contributed by atoms with van der Waals surface area (Å²) in [5, 5.41) is 2.87. The maximum Gasteiger partial charge on any atom is 0.416 e. The van der Waals surface area contributed by atoms with E-state index in [1.165, 1.54) is 6.07 Å². The summed E-state index contributed by atoms with van der Waals surface area (Å²) in [6.07, 6.45) is -2.77. The Labute approximate surface area is 90.6 Å². The molecule has 0 radical (unpaired) electrons. The Bertz CT molecular complexity index is 360. The molecular formula is C10H9ClF3N. The number of rotatable bonds is 3. The summed E-state index contributed by atoms with van der Waals surface area (Å²) in [6, 6.07) is 3.18. The van der Waals surface area contributed by atoms with E-state index < -0.39 is 11.7 Å². The summed E-state index contributed by atoms with van der Waals surface area (Å²) in [5.74, 6) is 0. The molecule has 15 heavy (non-hydrogen) atoms. The van der Waals surface area contributed by atoms with Crippen molar-refractivity contribution in [2.75, 3.05) is 11.9 Å². The highest BCUT2D eigenvalue weighted by molar-refractivity contribution is 6.33. The highest BCUT2D eigenvalue weighted by atomic mass is 35.5. The van der Waals surface area contributed by atoms with E-state index in [4.69, 9.17) is 11.6 Å². The van der Waals surface area contributed by atoms with Crippen molar-refractivity contribution in [3.05, 3.63) is 41.4 Å². The Morgan fingerprint density at radius 2 is 2.07 bits per heavy atom. The molecule has 0 heterocycles. The number of alkyl halides is 3. The van der Waals surface area contributed by atoms with Gasteiger partial charge < -0.3 is 5.32 Å². The molecule has 0 atom stereocenters. The molecule has 1 rings (SSSR count). The summed E-state index contributed by atoms with van der Waals surface area (Å²) >= 11 is 5.67. The van der Waals surface area contributed by atoms with Crippen LogP contribution in [-0.2, 0) is 6.18 Å². The minimum Gasteiger partial charge on any atom is -0.380 e. The largest absolute Gasteiger partial charge is 0.416 e. The van der Waals surface area contributed by atoms with Crippen LogP contribution in [0.2, 0.25) is 5.02 Å². The first-order valence-corrected chi connectivity index (χ1v) is 4.54. The van der Waals surface area contributed by atoms with Crippen LogP contribution in [0.15, 0.2) is 30.9 Å². The van der Waals surface area contributed by atoms with Gasteiger partial charge in [0.15, 0.2) is 0 Å². The molecule has 0 fully saturated rings. The SMILES string of the molecule is C=CCNc1ccc(C(F)(F)F)cc1Cl. The smallest absolute Gasteiger partial charge is 0.380 e. The average Bonchev–Trinajstić information content (AvgIpc) is 2.14. The molecular weight excluding hydrogens is 227 g/mol. The molecule has 1 aromatic rings. The van der Waals surface area contributed by atoms with Gasteiger partial charge in [0.1, 0.15) is 0 Å². The summed E-state index contributed by atoms with van der Waals surface area (Å²) in [6.45, 7) is 3.93. The highest BCUT2D eigenvalue weighted by Crippen LogP contribution is 2.33. The molecule has 5 heteroatoms. The lowest BCUT2D eigenvalue weighted by atomic mass is 10.2. The van der Waals surface area contributed by atoms with E-state index in [2.05, 4.69) is 11.9 Å². The van der Waals surface area contributed by atoms with Crippen LogP contribution in [-0.4, -0.2) is 6.54 Å². The number of hydrogen-bond donors (Lipinski definition) is 1. The summed E-state index contributed by atoms with van der Waals surface area (Å²) in [7, 11) is 0. The van der Waals surface area contributed by atoms with Gasteiger partial charge in [-0.05, 0) is 18.2 Å². The van der Waals surface area contributed by atoms with Gasteiger partial charge in [-0.3, -0.25) is 0 Å². The monoisotopic (exact) mass is 235 g/mol. The first kappa shape index (κ1) is 11.9. The van der Waals surface area contributed by atoms with Crippen molar-refractivity contribution in [2.45, 2.75) is 6.18 Å². The second-order valence-corrected chi connectivity index (χ2v) is 3.27. The molecule has 0 aliphatic heterocycles. The third-order valence-corrected chi connectivity index (χ3v) is 2.05. The standard InChI is InChI=1S/C10H9ClF3N/c1-2-5-15-9-4-3-7(6-8(9)11)10(12,13)14/h2-4,6,15H,1,5H2. The van der Waals surface area contributed by atoms with Crippen LogP contribution in [0.5, 0.6) is 0 Å². The van der Waals surface area contributed by atoms with Crippen molar-refractivity contribution in [3.8, 4) is 0 Å². The number of hydrogen-bond acceptors (Lipinski definition) is 1. The fourth-order valence-corrected chi connectivity index (χ4v) is 1.26. The minimum absolute atomic E-state index is 0.0478. The van der Waals surface area contributed by atoms with Crippen molar-refractivity contribution in [2.24, 2.45) is 0 Å². The topological polar surface area (TPSA) is 12.0 Å². The van der Waals surface area contributed by atoms with Gasteiger partial charge >= 0.3 is 6.18 Å². The summed E-state index contributed by atoms with van der Waals surface area (Å²) < 4.78 is 36.8. The first-order chi connectivity index (χ1) is 6.95. The van der Waals surface area contributed by atoms with Gasteiger partial charge in [0.05, 0.1) is 16.3 Å². The van der Waals surface area contributed by atoms with E-state index in [-0.39, 0.29) is 5.02 Å². The van der Waals surface area contributed by atoms with Gasteiger partial charge in [-0.25, -0.2) is 0 Å². The Hall–Kier alpha value is -1.16. The molecule has 0 saturated carbocycles. The highest BCUT2D eigenvalue weighted by Gasteiger charge is 2.30. The Balaban J connectivity index is 2.93. The zero-order valence-electron chi connectivity index (χ0n) is 7.74. The number of anilines is 1. The van der Waals surface area contributed by atoms with E-state index in [0.717, 1.165) is 12.1 Å². The van der Waals surface area contributed by atoms with Crippen molar-refractivity contribution < 1.29 is 13.2 Å². The Morgan fingerprint density at radius 3 is 2.53 bits per heavy atom. The van der Waals surface area contributed by atoms with Gasteiger partial charge in [0.2, 0.25) is 0 Å².